The number of nitrogens with zero attached hydrogens (tertiary/aromatic N) is 1. The lowest BCUT2D eigenvalue weighted by Crippen LogP contribution is -2.42. The van der Waals surface area contributed by atoms with E-state index in [9.17, 15) is 4.79 Å². The van der Waals surface area contributed by atoms with E-state index in [0.717, 1.165) is 13.0 Å². The number of carbonyl (C=O) groups is 1. The molecule has 1 amide bonds. The average molecular weight is 157 g/mol. The fraction of sp³-hybridized carbons (Fsp3) is 0.889. The maximum absolute atomic E-state index is 10.6. The summed E-state index contributed by atoms with van der Waals surface area (Å²) in [6.45, 7) is 11.2. The van der Waals surface area contributed by atoms with E-state index in [2.05, 4.69) is 13.8 Å². The zero-order valence-electron chi connectivity index (χ0n) is 8.22. The van der Waals surface area contributed by atoms with Crippen LogP contribution in [-0.2, 0) is 4.79 Å². The highest BCUT2D eigenvalue weighted by Gasteiger charge is 2.19. The first-order valence-corrected chi connectivity index (χ1v) is 4.10. The first-order valence-electron chi connectivity index (χ1n) is 4.10. The van der Waals surface area contributed by atoms with Crippen LogP contribution in [-0.4, -0.2) is 23.4 Å². The molecule has 0 aromatic carbocycles. The molecule has 0 aliphatic rings. The molecule has 0 aliphatic carbocycles. The number of carbonyl (C=O) groups excluding carboxylic acids is 1. The molecule has 0 aliphatic heterocycles. The summed E-state index contributed by atoms with van der Waals surface area (Å²) >= 11 is 0. The van der Waals surface area contributed by atoms with Crippen LogP contribution in [0.15, 0.2) is 0 Å². The molecular weight excluding hydrogens is 138 g/mol. The Morgan fingerprint density at radius 1 is 1.36 bits per heavy atom. The summed E-state index contributed by atoms with van der Waals surface area (Å²) in [4.78, 5) is 12.4. The van der Waals surface area contributed by atoms with E-state index in [-0.39, 0.29) is 5.54 Å². The molecule has 0 aromatic heterocycles. The van der Waals surface area contributed by atoms with Gasteiger partial charge in [-0.05, 0) is 26.7 Å². The Morgan fingerprint density at radius 2 is 1.82 bits per heavy atom. The van der Waals surface area contributed by atoms with Crippen molar-refractivity contribution in [2.45, 2.75) is 40.2 Å². The van der Waals surface area contributed by atoms with Gasteiger partial charge >= 0.3 is 0 Å². The van der Waals surface area contributed by atoms with Gasteiger partial charge in [0.15, 0.2) is 0 Å². The molecule has 0 atom stereocenters. The Kier molecular flexibility index (Phi) is 3.56. The van der Waals surface area contributed by atoms with Crippen molar-refractivity contribution in [2.75, 3.05) is 6.54 Å². The smallest absolute Gasteiger partial charge is 0.210 e. The molecule has 0 aromatic rings. The van der Waals surface area contributed by atoms with E-state index in [1.165, 1.54) is 0 Å². The van der Waals surface area contributed by atoms with Gasteiger partial charge in [-0.15, -0.1) is 0 Å². The van der Waals surface area contributed by atoms with Gasteiger partial charge in [-0.3, -0.25) is 4.79 Å². The van der Waals surface area contributed by atoms with E-state index < -0.39 is 0 Å². The summed E-state index contributed by atoms with van der Waals surface area (Å²) in [6, 6.07) is 0. The maximum atomic E-state index is 10.6. The second kappa shape index (κ2) is 3.74. The molecule has 2 nitrogen and oxygen atoms in total. The maximum Gasteiger partial charge on any atom is 0.210 e. The van der Waals surface area contributed by atoms with Gasteiger partial charge in [-0.2, -0.15) is 0 Å². The van der Waals surface area contributed by atoms with Crippen LogP contribution in [0.4, 0.5) is 0 Å². The second-order valence-corrected chi connectivity index (χ2v) is 4.32. The summed E-state index contributed by atoms with van der Waals surface area (Å²) in [7, 11) is 0. The van der Waals surface area contributed by atoms with Crippen LogP contribution in [0.3, 0.4) is 0 Å². The standard InChI is InChI=1S/C9H19NO/c1-8(2)6-10(7-11)9(3,4)5/h7-8H,6H2,1-5H3. The Hall–Kier alpha value is -0.530. The highest BCUT2D eigenvalue weighted by Crippen LogP contribution is 2.12. The van der Waals surface area contributed by atoms with E-state index in [1.807, 2.05) is 25.7 Å². The van der Waals surface area contributed by atoms with E-state index in [1.54, 1.807) is 0 Å². The van der Waals surface area contributed by atoms with Crippen molar-refractivity contribution in [1.82, 2.24) is 4.90 Å². The fourth-order valence-corrected chi connectivity index (χ4v) is 0.868. The van der Waals surface area contributed by atoms with E-state index >= 15 is 0 Å². The first-order chi connectivity index (χ1) is 4.88. The molecule has 2 heteroatoms. The van der Waals surface area contributed by atoms with Gasteiger partial charge in [0.2, 0.25) is 6.41 Å². The third-order valence-corrected chi connectivity index (χ3v) is 1.55. The molecule has 0 fully saturated rings. The zero-order valence-corrected chi connectivity index (χ0v) is 8.22. The Labute approximate surface area is 69.6 Å². The Bertz CT molecular complexity index is 124. The van der Waals surface area contributed by atoms with E-state index in [0.29, 0.717) is 5.92 Å². The number of hydrogen-bond donors (Lipinski definition) is 0. The molecule has 0 saturated carbocycles. The normalized spacial score (nSPS) is 11.8. The van der Waals surface area contributed by atoms with Gasteiger partial charge < -0.3 is 4.90 Å². The van der Waals surface area contributed by atoms with Crippen LogP contribution in [0.2, 0.25) is 0 Å². The van der Waals surface area contributed by atoms with Gasteiger partial charge in [0, 0.05) is 12.1 Å². The summed E-state index contributed by atoms with van der Waals surface area (Å²) in [5.41, 5.74) is -0.0357. The van der Waals surface area contributed by atoms with Crippen LogP contribution < -0.4 is 0 Å². The summed E-state index contributed by atoms with van der Waals surface area (Å²) in [6.07, 6.45) is 0.931. The van der Waals surface area contributed by atoms with Crippen LogP contribution in [0.25, 0.3) is 0 Å². The molecule has 0 heterocycles. The van der Waals surface area contributed by atoms with Crippen molar-refractivity contribution in [3.8, 4) is 0 Å². The molecular formula is C9H19NO. The SMILES string of the molecule is CC(C)CN(C=O)C(C)(C)C. The number of hydrogen-bond acceptors (Lipinski definition) is 1. The minimum Gasteiger partial charge on any atom is -0.340 e. The van der Waals surface area contributed by atoms with Crippen molar-refractivity contribution in [2.24, 2.45) is 5.92 Å². The van der Waals surface area contributed by atoms with Crippen molar-refractivity contribution in [3.63, 3.8) is 0 Å². The lowest BCUT2D eigenvalue weighted by molar-refractivity contribution is -0.122. The number of rotatable bonds is 3. The fourth-order valence-electron chi connectivity index (χ4n) is 0.868. The topological polar surface area (TPSA) is 20.3 Å². The average Bonchev–Trinajstić information content (AvgIpc) is 1.79. The molecule has 0 bridgehead atoms. The summed E-state index contributed by atoms with van der Waals surface area (Å²) < 4.78 is 0. The van der Waals surface area contributed by atoms with Crippen molar-refractivity contribution >= 4 is 6.41 Å². The molecule has 0 radical (unpaired) electrons. The molecule has 0 rings (SSSR count). The third kappa shape index (κ3) is 4.02. The van der Waals surface area contributed by atoms with Crippen molar-refractivity contribution in [1.29, 1.82) is 0 Å². The molecule has 0 N–H and O–H groups in total. The zero-order chi connectivity index (χ0) is 9.07. The molecule has 0 spiro atoms. The molecule has 11 heavy (non-hydrogen) atoms. The summed E-state index contributed by atoms with van der Waals surface area (Å²) in [5.74, 6) is 0.541. The van der Waals surface area contributed by atoms with Gasteiger partial charge in [0.1, 0.15) is 0 Å². The number of amides is 1. The van der Waals surface area contributed by atoms with Gasteiger partial charge in [0.25, 0.3) is 0 Å². The quantitative estimate of drug-likeness (QED) is 0.573. The van der Waals surface area contributed by atoms with Crippen LogP contribution >= 0.6 is 0 Å². The van der Waals surface area contributed by atoms with Crippen LogP contribution in [0.5, 0.6) is 0 Å². The van der Waals surface area contributed by atoms with E-state index in [4.69, 9.17) is 0 Å². The van der Waals surface area contributed by atoms with Crippen LogP contribution in [0, 0.1) is 5.92 Å². The summed E-state index contributed by atoms with van der Waals surface area (Å²) in [5, 5.41) is 0. The highest BCUT2D eigenvalue weighted by atomic mass is 16.1. The second-order valence-electron chi connectivity index (χ2n) is 4.32. The lowest BCUT2D eigenvalue weighted by Gasteiger charge is -2.33. The molecule has 0 unspecified atom stereocenters. The predicted molar refractivity (Wildman–Crippen MR) is 47.4 cm³/mol. The lowest BCUT2D eigenvalue weighted by atomic mass is 10.1. The minimum atomic E-state index is -0.0357. The third-order valence-electron chi connectivity index (χ3n) is 1.55. The Morgan fingerprint density at radius 3 is 1.91 bits per heavy atom. The van der Waals surface area contributed by atoms with Crippen molar-refractivity contribution < 1.29 is 4.79 Å². The highest BCUT2D eigenvalue weighted by molar-refractivity contribution is 5.48. The van der Waals surface area contributed by atoms with Crippen molar-refractivity contribution in [3.05, 3.63) is 0 Å². The Balaban J connectivity index is 4.07. The van der Waals surface area contributed by atoms with Gasteiger partial charge in [-0.25, -0.2) is 0 Å². The van der Waals surface area contributed by atoms with Gasteiger partial charge in [-0.1, -0.05) is 13.8 Å². The van der Waals surface area contributed by atoms with Crippen LogP contribution in [0.1, 0.15) is 34.6 Å². The minimum absolute atomic E-state index is 0.0357. The molecule has 0 saturated heterocycles. The predicted octanol–water partition coefficient (Wildman–Crippen LogP) is 1.90. The molecule has 66 valence electrons. The largest absolute Gasteiger partial charge is 0.340 e. The monoisotopic (exact) mass is 157 g/mol. The van der Waals surface area contributed by atoms with Gasteiger partial charge in [0.05, 0.1) is 0 Å². The first kappa shape index (κ1) is 10.5.